The lowest BCUT2D eigenvalue weighted by Gasteiger charge is -2.09. The van der Waals surface area contributed by atoms with Crippen LogP contribution < -0.4 is 0 Å². The van der Waals surface area contributed by atoms with Gasteiger partial charge in [-0.1, -0.05) is 60.7 Å². The Morgan fingerprint density at radius 1 is 0.469 bits per heavy atom. The number of nitrogens with zero attached hydrogens (tertiary/aromatic N) is 6. The van der Waals surface area contributed by atoms with Gasteiger partial charge in [-0.25, -0.2) is 15.0 Å². The minimum atomic E-state index is 0.563. The molecule has 0 radical (unpaired) electrons. The second-order valence-electron chi connectivity index (χ2n) is 7.33. The summed E-state index contributed by atoms with van der Waals surface area (Å²) in [6.45, 7) is 0. The lowest BCUT2D eigenvalue weighted by molar-refractivity contribution is 1.07. The zero-order valence-electron chi connectivity index (χ0n) is 16.9. The third-order valence-electron chi connectivity index (χ3n) is 5.23. The SMILES string of the molecule is c1ccc(-c2nc(-c3ccccc3)nc(-c3cnc4c(cnc5cccnc54)c3)n2)cc1. The van der Waals surface area contributed by atoms with Gasteiger partial charge < -0.3 is 0 Å². The highest BCUT2D eigenvalue weighted by molar-refractivity contribution is 6.01. The van der Waals surface area contributed by atoms with E-state index >= 15 is 0 Å². The monoisotopic (exact) mass is 412 g/mol. The minimum absolute atomic E-state index is 0.563. The van der Waals surface area contributed by atoms with Crippen molar-refractivity contribution in [3.05, 3.63) is 97.5 Å². The van der Waals surface area contributed by atoms with Crippen molar-refractivity contribution in [2.75, 3.05) is 0 Å². The zero-order valence-corrected chi connectivity index (χ0v) is 16.9. The molecule has 4 heterocycles. The number of hydrogen-bond donors (Lipinski definition) is 0. The Labute approximate surface area is 183 Å². The second-order valence-corrected chi connectivity index (χ2v) is 7.33. The third-order valence-corrected chi connectivity index (χ3v) is 5.23. The molecule has 0 aliphatic heterocycles. The van der Waals surface area contributed by atoms with Crippen LogP contribution in [0.2, 0.25) is 0 Å². The van der Waals surface area contributed by atoms with E-state index in [1.807, 2.05) is 85.1 Å². The Kier molecular flexibility index (Phi) is 4.32. The topological polar surface area (TPSA) is 77.3 Å². The Bertz CT molecular complexity index is 1510. The van der Waals surface area contributed by atoms with Crippen molar-refractivity contribution >= 4 is 21.9 Å². The van der Waals surface area contributed by atoms with Gasteiger partial charge >= 0.3 is 0 Å². The van der Waals surface area contributed by atoms with E-state index in [0.717, 1.165) is 38.6 Å². The van der Waals surface area contributed by atoms with Gasteiger partial charge in [0, 0.05) is 40.7 Å². The van der Waals surface area contributed by atoms with Crippen molar-refractivity contribution in [3.8, 4) is 34.2 Å². The lowest BCUT2D eigenvalue weighted by atomic mass is 10.1. The molecular weight excluding hydrogens is 396 g/mol. The van der Waals surface area contributed by atoms with E-state index in [1.165, 1.54) is 0 Å². The molecule has 0 bridgehead atoms. The van der Waals surface area contributed by atoms with Gasteiger partial charge in [-0.3, -0.25) is 15.0 Å². The van der Waals surface area contributed by atoms with Crippen LogP contribution in [0.1, 0.15) is 0 Å². The summed E-state index contributed by atoms with van der Waals surface area (Å²) < 4.78 is 0. The first-order valence-electron chi connectivity index (χ1n) is 10.2. The van der Waals surface area contributed by atoms with Crippen LogP contribution in [-0.2, 0) is 0 Å². The van der Waals surface area contributed by atoms with Crippen LogP contribution in [0.4, 0.5) is 0 Å². The second kappa shape index (κ2) is 7.59. The summed E-state index contributed by atoms with van der Waals surface area (Å²) in [4.78, 5) is 27.9. The fourth-order valence-electron chi connectivity index (χ4n) is 3.66. The molecule has 0 amide bonds. The van der Waals surface area contributed by atoms with Crippen LogP contribution >= 0.6 is 0 Å². The molecule has 0 spiro atoms. The summed E-state index contributed by atoms with van der Waals surface area (Å²) in [6, 6.07) is 25.6. The minimum Gasteiger partial charge on any atom is -0.254 e. The predicted octanol–water partition coefficient (Wildman–Crippen LogP) is 5.36. The molecular formula is C26H16N6. The van der Waals surface area contributed by atoms with E-state index in [9.17, 15) is 0 Å². The highest BCUT2D eigenvalue weighted by atomic mass is 15.0. The molecule has 0 saturated carbocycles. The van der Waals surface area contributed by atoms with Crippen molar-refractivity contribution in [2.45, 2.75) is 0 Å². The molecule has 0 saturated heterocycles. The number of rotatable bonds is 3. The summed E-state index contributed by atoms with van der Waals surface area (Å²) in [6.07, 6.45) is 5.35. The van der Waals surface area contributed by atoms with E-state index in [1.54, 1.807) is 12.4 Å². The molecule has 6 heteroatoms. The molecule has 0 aliphatic carbocycles. The van der Waals surface area contributed by atoms with Gasteiger partial charge in [-0.2, -0.15) is 0 Å². The number of pyridine rings is 3. The van der Waals surface area contributed by atoms with Crippen LogP contribution in [0.5, 0.6) is 0 Å². The molecule has 0 atom stereocenters. The molecule has 2 aromatic carbocycles. The normalized spacial score (nSPS) is 11.1. The van der Waals surface area contributed by atoms with Gasteiger partial charge in [-0.05, 0) is 18.2 Å². The van der Waals surface area contributed by atoms with E-state index in [0.29, 0.717) is 17.5 Å². The van der Waals surface area contributed by atoms with E-state index in [2.05, 4.69) is 15.0 Å². The number of benzene rings is 2. The summed E-state index contributed by atoms with van der Waals surface area (Å²) >= 11 is 0. The molecule has 0 unspecified atom stereocenters. The van der Waals surface area contributed by atoms with Crippen molar-refractivity contribution in [2.24, 2.45) is 0 Å². The van der Waals surface area contributed by atoms with Crippen LogP contribution in [0.3, 0.4) is 0 Å². The largest absolute Gasteiger partial charge is 0.254 e. The highest BCUT2D eigenvalue weighted by Gasteiger charge is 2.13. The Balaban J connectivity index is 1.55. The predicted molar refractivity (Wildman–Crippen MR) is 125 cm³/mol. The van der Waals surface area contributed by atoms with Crippen molar-refractivity contribution in [3.63, 3.8) is 0 Å². The number of hydrogen-bond acceptors (Lipinski definition) is 6. The molecule has 4 aromatic heterocycles. The zero-order chi connectivity index (χ0) is 21.3. The summed E-state index contributed by atoms with van der Waals surface area (Å²) in [5.74, 6) is 1.80. The van der Waals surface area contributed by atoms with Gasteiger partial charge in [0.05, 0.1) is 11.0 Å². The first-order chi connectivity index (χ1) is 15.8. The van der Waals surface area contributed by atoms with Crippen LogP contribution in [0.25, 0.3) is 56.1 Å². The summed E-state index contributed by atoms with van der Waals surface area (Å²) in [7, 11) is 0. The molecule has 150 valence electrons. The highest BCUT2D eigenvalue weighted by Crippen LogP contribution is 2.27. The molecule has 6 rings (SSSR count). The van der Waals surface area contributed by atoms with Crippen LogP contribution in [0.15, 0.2) is 97.5 Å². The quantitative estimate of drug-likeness (QED) is 0.364. The Hall–Kier alpha value is -4.58. The molecule has 6 aromatic rings. The van der Waals surface area contributed by atoms with Gasteiger partial charge in [0.15, 0.2) is 17.5 Å². The number of aromatic nitrogens is 6. The third kappa shape index (κ3) is 3.24. The number of fused-ring (bicyclic) bond motifs is 3. The van der Waals surface area contributed by atoms with Crippen LogP contribution in [0, 0.1) is 0 Å². The van der Waals surface area contributed by atoms with Crippen molar-refractivity contribution < 1.29 is 0 Å². The summed E-state index contributed by atoms with van der Waals surface area (Å²) in [5, 5.41) is 0.886. The molecule has 6 nitrogen and oxygen atoms in total. The molecule has 32 heavy (non-hydrogen) atoms. The van der Waals surface area contributed by atoms with Gasteiger partial charge in [-0.15, -0.1) is 0 Å². The maximum absolute atomic E-state index is 4.77. The maximum Gasteiger partial charge on any atom is 0.165 e. The Morgan fingerprint density at radius 2 is 1.09 bits per heavy atom. The molecule has 0 fully saturated rings. The maximum atomic E-state index is 4.77. The first-order valence-corrected chi connectivity index (χ1v) is 10.2. The smallest absolute Gasteiger partial charge is 0.165 e. The first kappa shape index (κ1) is 18.2. The fraction of sp³-hybridized carbons (Fsp3) is 0. The van der Waals surface area contributed by atoms with Gasteiger partial charge in [0.1, 0.15) is 5.52 Å². The molecule has 0 aliphatic rings. The van der Waals surface area contributed by atoms with Gasteiger partial charge in [0.2, 0.25) is 0 Å². The van der Waals surface area contributed by atoms with Crippen LogP contribution in [-0.4, -0.2) is 29.9 Å². The van der Waals surface area contributed by atoms with Gasteiger partial charge in [0.25, 0.3) is 0 Å². The van der Waals surface area contributed by atoms with Crippen molar-refractivity contribution in [1.82, 2.24) is 29.9 Å². The average Bonchev–Trinajstić information content (AvgIpc) is 2.89. The lowest BCUT2D eigenvalue weighted by Crippen LogP contribution is -2.00. The average molecular weight is 412 g/mol. The Morgan fingerprint density at radius 3 is 1.75 bits per heavy atom. The summed E-state index contributed by atoms with van der Waals surface area (Å²) in [5.41, 5.74) is 5.06. The van der Waals surface area contributed by atoms with Crippen molar-refractivity contribution in [1.29, 1.82) is 0 Å². The van der Waals surface area contributed by atoms with E-state index < -0.39 is 0 Å². The fourth-order valence-corrected chi connectivity index (χ4v) is 3.66. The molecule has 0 N–H and O–H groups in total. The van der Waals surface area contributed by atoms with E-state index in [4.69, 9.17) is 15.0 Å². The van der Waals surface area contributed by atoms with E-state index in [-0.39, 0.29) is 0 Å². The standard InChI is InChI=1S/C26H16N6/c1-3-8-17(9-4-1)24-30-25(18-10-5-2-6-11-18)32-26(31-24)20-14-19-15-28-21-12-7-13-27-23(21)22(19)29-16-20/h1-16H.